The first kappa shape index (κ1) is 12.2. The molecule has 1 rings (SSSR count). The van der Waals surface area contributed by atoms with Gasteiger partial charge in [0.25, 0.3) is 0 Å². The van der Waals surface area contributed by atoms with Gasteiger partial charge < -0.3 is 10.0 Å². The summed E-state index contributed by atoms with van der Waals surface area (Å²) in [7, 11) is 0. The van der Waals surface area contributed by atoms with Crippen LogP contribution < -0.4 is 4.90 Å². The second-order valence-corrected chi connectivity index (χ2v) is 4.13. The Labute approximate surface area is 98.6 Å². The van der Waals surface area contributed by atoms with Crippen LogP contribution in [0.5, 0.6) is 0 Å². The van der Waals surface area contributed by atoms with Gasteiger partial charge in [-0.1, -0.05) is 6.08 Å². The molecule has 0 bridgehead atoms. The number of nitrogens with zero attached hydrogens (tertiary/aromatic N) is 2. The van der Waals surface area contributed by atoms with Gasteiger partial charge in [-0.3, -0.25) is 0 Å². The number of aliphatic hydroxyl groups is 1. The summed E-state index contributed by atoms with van der Waals surface area (Å²) in [6, 6.07) is 2.01. The summed E-state index contributed by atoms with van der Waals surface area (Å²) < 4.78 is 0.942. The van der Waals surface area contributed by atoms with E-state index in [0.717, 1.165) is 15.9 Å². The predicted molar refractivity (Wildman–Crippen MR) is 66.2 cm³/mol. The fourth-order valence-corrected chi connectivity index (χ4v) is 2.03. The standard InChI is InChI=1S/C11H15BrN2O/c1-3-4-14(5-6-15)11-10(12)7-9(2)8-13-11/h3,7-8,15H,1,4-6H2,2H3. The summed E-state index contributed by atoms with van der Waals surface area (Å²) in [5.74, 6) is 0.842. The van der Waals surface area contributed by atoms with E-state index in [0.29, 0.717) is 13.1 Å². The van der Waals surface area contributed by atoms with Crippen LogP contribution in [-0.4, -0.2) is 29.8 Å². The molecule has 4 heteroatoms. The van der Waals surface area contributed by atoms with E-state index in [1.807, 2.05) is 24.1 Å². The maximum Gasteiger partial charge on any atom is 0.143 e. The van der Waals surface area contributed by atoms with Crippen molar-refractivity contribution in [1.82, 2.24) is 4.98 Å². The third-order valence-electron chi connectivity index (χ3n) is 1.98. The van der Waals surface area contributed by atoms with E-state index in [-0.39, 0.29) is 6.61 Å². The van der Waals surface area contributed by atoms with Crippen molar-refractivity contribution < 1.29 is 5.11 Å². The van der Waals surface area contributed by atoms with Crippen molar-refractivity contribution >= 4 is 21.7 Å². The van der Waals surface area contributed by atoms with E-state index in [4.69, 9.17) is 5.11 Å². The van der Waals surface area contributed by atoms with Gasteiger partial charge in [-0.25, -0.2) is 4.98 Å². The van der Waals surface area contributed by atoms with Gasteiger partial charge in [-0.15, -0.1) is 6.58 Å². The third-order valence-corrected chi connectivity index (χ3v) is 2.56. The van der Waals surface area contributed by atoms with Gasteiger partial charge in [-0.05, 0) is 34.5 Å². The van der Waals surface area contributed by atoms with Crippen LogP contribution in [0.1, 0.15) is 5.56 Å². The molecule has 0 aliphatic heterocycles. The fraction of sp³-hybridized carbons (Fsp3) is 0.364. The monoisotopic (exact) mass is 270 g/mol. The summed E-state index contributed by atoms with van der Waals surface area (Å²) >= 11 is 3.47. The number of aryl methyl sites for hydroxylation is 1. The lowest BCUT2D eigenvalue weighted by Gasteiger charge is -2.22. The molecule has 0 atom stereocenters. The Morgan fingerprint density at radius 3 is 2.93 bits per heavy atom. The molecule has 82 valence electrons. The molecule has 1 aromatic rings. The quantitative estimate of drug-likeness (QED) is 0.833. The van der Waals surface area contributed by atoms with Crippen LogP contribution in [0.3, 0.4) is 0 Å². The molecule has 0 aliphatic carbocycles. The number of aliphatic hydroxyl groups excluding tert-OH is 1. The van der Waals surface area contributed by atoms with E-state index >= 15 is 0 Å². The maximum absolute atomic E-state index is 8.95. The molecule has 0 amide bonds. The zero-order valence-electron chi connectivity index (χ0n) is 8.78. The van der Waals surface area contributed by atoms with E-state index < -0.39 is 0 Å². The third kappa shape index (κ3) is 3.32. The second kappa shape index (κ2) is 5.88. The Morgan fingerprint density at radius 1 is 1.67 bits per heavy atom. The number of halogens is 1. The van der Waals surface area contributed by atoms with E-state index in [1.165, 1.54) is 0 Å². The number of aromatic nitrogens is 1. The molecule has 0 saturated heterocycles. The molecule has 0 radical (unpaired) electrons. The van der Waals surface area contributed by atoms with Crippen LogP contribution in [0, 0.1) is 6.92 Å². The van der Waals surface area contributed by atoms with Gasteiger partial charge >= 0.3 is 0 Å². The Kier molecular flexibility index (Phi) is 4.78. The number of hydrogen-bond acceptors (Lipinski definition) is 3. The molecule has 1 heterocycles. The van der Waals surface area contributed by atoms with Crippen molar-refractivity contribution in [3.8, 4) is 0 Å². The molecule has 0 saturated carbocycles. The first-order valence-electron chi connectivity index (χ1n) is 4.78. The number of rotatable bonds is 5. The summed E-state index contributed by atoms with van der Waals surface area (Å²) in [6.07, 6.45) is 3.61. The van der Waals surface area contributed by atoms with Crippen molar-refractivity contribution in [2.75, 3.05) is 24.6 Å². The van der Waals surface area contributed by atoms with Crippen LogP contribution in [0.2, 0.25) is 0 Å². The SMILES string of the molecule is C=CCN(CCO)c1ncc(C)cc1Br. The highest BCUT2D eigenvalue weighted by atomic mass is 79.9. The maximum atomic E-state index is 8.95. The zero-order valence-corrected chi connectivity index (χ0v) is 10.4. The number of hydrogen-bond donors (Lipinski definition) is 1. The summed E-state index contributed by atoms with van der Waals surface area (Å²) in [6.45, 7) is 7.02. The molecule has 1 N–H and O–H groups in total. The van der Waals surface area contributed by atoms with Crippen molar-refractivity contribution in [1.29, 1.82) is 0 Å². The van der Waals surface area contributed by atoms with E-state index in [1.54, 1.807) is 6.08 Å². The smallest absolute Gasteiger partial charge is 0.143 e. The predicted octanol–water partition coefficient (Wildman–Crippen LogP) is 2.14. The average molecular weight is 271 g/mol. The minimum Gasteiger partial charge on any atom is -0.395 e. The highest BCUT2D eigenvalue weighted by Gasteiger charge is 2.09. The second-order valence-electron chi connectivity index (χ2n) is 3.28. The van der Waals surface area contributed by atoms with Crippen LogP contribution in [-0.2, 0) is 0 Å². The lowest BCUT2D eigenvalue weighted by Crippen LogP contribution is -2.27. The lowest BCUT2D eigenvalue weighted by atomic mass is 10.3. The lowest BCUT2D eigenvalue weighted by molar-refractivity contribution is 0.302. The molecule has 0 unspecified atom stereocenters. The highest BCUT2D eigenvalue weighted by Crippen LogP contribution is 2.24. The van der Waals surface area contributed by atoms with Crippen molar-refractivity contribution in [3.05, 3.63) is 35.0 Å². The highest BCUT2D eigenvalue weighted by molar-refractivity contribution is 9.10. The Bertz CT molecular complexity index is 341. The molecule has 0 spiro atoms. The normalized spacial score (nSPS) is 10.1. The minimum atomic E-state index is 0.107. The van der Waals surface area contributed by atoms with E-state index in [9.17, 15) is 0 Å². The topological polar surface area (TPSA) is 36.4 Å². The largest absolute Gasteiger partial charge is 0.395 e. The number of anilines is 1. The van der Waals surface area contributed by atoms with Crippen LogP contribution >= 0.6 is 15.9 Å². The van der Waals surface area contributed by atoms with Gasteiger partial charge in [0.05, 0.1) is 11.1 Å². The molecule has 15 heavy (non-hydrogen) atoms. The van der Waals surface area contributed by atoms with Gasteiger partial charge in [0.1, 0.15) is 5.82 Å². The van der Waals surface area contributed by atoms with Gasteiger partial charge in [-0.2, -0.15) is 0 Å². The fourth-order valence-electron chi connectivity index (χ4n) is 1.32. The van der Waals surface area contributed by atoms with Crippen molar-refractivity contribution in [2.45, 2.75) is 6.92 Å². The van der Waals surface area contributed by atoms with Crippen LogP contribution in [0.15, 0.2) is 29.4 Å². The summed E-state index contributed by atoms with van der Waals surface area (Å²) in [4.78, 5) is 6.30. The molecule has 3 nitrogen and oxygen atoms in total. The minimum absolute atomic E-state index is 0.107. The van der Waals surface area contributed by atoms with Crippen molar-refractivity contribution in [3.63, 3.8) is 0 Å². The van der Waals surface area contributed by atoms with Crippen molar-refractivity contribution in [2.24, 2.45) is 0 Å². The first-order valence-corrected chi connectivity index (χ1v) is 5.57. The summed E-state index contributed by atoms with van der Waals surface area (Å²) in [5, 5.41) is 8.95. The molecule has 0 fully saturated rings. The molecular weight excluding hydrogens is 256 g/mol. The Morgan fingerprint density at radius 2 is 2.40 bits per heavy atom. The summed E-state index contributed by atoms with van der Waals surface area (Å²) in [5.41, 5.74) is 1.10. The van der Waals surface area contributed by atoms with Crippen LogP contribution in [0.4, 0.5) is 5.82 Å². The average Bonchev–Trinajstić information content (AvgIpc) is 2.17. The van der Waals surface area contributed by atoms with Gasteiger partial charge in [0, 0.05) is 19.3 Å². The molecule has 0 aliphatic rings. The first-order chi connectivity index (χ1) is 7.19. The van der Waals surface area contributed by atoms with E-state index in [2.05, 4.69) is 27.5 Å². The molecule has 1 aromatic heterocycles. The Hall–Kier alpha value is -0.870. The Balaban J connectivity index is 2.94. The molecular formula is C11H15BrN2O. The zero-order chi connectivity index (χ0) is 11.3. The van der Waals surface area contributed by atoms with Crippen LogP contribution in [0.25, 0.3) is 0 Å². The van der Waals surface area contributed by atoms with Gasteiger partial charge in [0.15, 0.2) is 0 Å². The van der Waals surface area contributed by atoms with Gasteiger partial charge in [0.2, 0.25) is 0 Å². The molecule has 0 aromatic carbocycles. The number of pyridine rings is 1.